The number of nitrogens with zero attached hydrogens (tertiary/aromatic N) is 2. The fourth-order valence-corrected chi connectivity index (χ4v) is 6.10. The number of aryl methyl sites for hydroxylation is 1. The number of ether oxygens (including phenoxy) is 2. The van der Waals surface area contributed by atoms with E-state index < -0.39 is 41.4 Å². The third-order valence-corrected chi connectivity index (χ3v) is 9.12. The maximum Gasteiger partial charge on any atom is 0.268 e. The molecule has 4 rings (SSSR count). The minimum atomic E-state index is -1.07. The third-order valence-electron chi connectivity index (χ3n) is 9.12. The number of hydrogen-bond donors (Lipinski definition) is 3. The predicted octanol–water partition coefficient (Wildman–Crippen LogP) is 3.07. The van der Waals surface area contributed by atoms with Crippen molar-refractivity contribution in [2.45, 2.75) is 90.4 Å². The zero-order valence-corrected chi connectivity index (χ0v) is 31.2. The van der Waals surface area contributed by atoms with Crippen LogP contribution in [-0.4, -0.2) is 103 Å². The number of aliphatic imine (C=N–C) groups is 1. The van der Waals surface area contributed by atoms with Gasteiger partial charge in [0.25, 0.3) is 11.8 Å². The Hall–Kier alpha value is -4.26. The SMILES string of the molecule is CC(C)CC(=NC(=O)[C@H](CCc1ccccc1)NC(=O)CN1CCOCC1)C(=O)N[C@H](Cc1ccccc1)C(=O)N[C@H](CC(C)C)C(=O)[C@]1(C)CO1. The Bertz CT molecular complexity index is 1540. The first-order valence-corrected chi connectivity index (χ1v) is 18.4. The van der Waals surface area contributed by atoms with Crippen LogP contribution in [0.1, 0.15) is 65.0 Å². The molecule has 0 aromatic heterocycles. The number of hydrogen-bond acceptors (Lipinski definition) is 8. The van der Waals surface area contributed by atoms with Crippen LogP contribution in [0.4, 0.5) is 0 Å². The Kier molecular flexibility index (Phi) is 15.2. The lowest BCUT2D eigenvalue weighted by Gasteiger charge is -2.26. The number of rotatable bonds is 19. The highest BCUT2D eigenvalue weighted by Crippen LogP contribution is 2.29. The number of ketones is 1. The number of Topliss-reactive ketones (excluding diaryl/α,β-unsaturated/α-hetero) is 1. The van der Waals surface area contributed by atoms with Gasteiger partial charge >= 0.3 is 0 Å². The molecule has 2 heterocycles. The first-order valence-electron chi connectivity index (χ1n) is 18.4. The van der Waals surface area contributed by atoms with Crippen LogP contribution < -0.4 is 16.0 Å². The lowest BCUT2D eigenvalue weighted by Crippen LogP contribution is -2.55. The van der Waals surface area contributed by atoms with Gasteiger partial charge in [0.15, 0.2) is 5.78 Å². The molecule has 2 aromatic rings. The van der Waals surface area contributed by atoms with Crippen molar-refractivity contribution in [3.05, 3.63) is 71.8 Å². The Balaban J connectivity index is 1.56. The number of epoxide rings is 1. The molecule has 12 nitrogen and oxygen atoms in total. The summed E-state index contributed by atoms with van der Waals surface area (Å²) in [6.07, 6.45) is 1.51. The molecule has 0 aliphatic carbocycles. The number of amides is 4. The fourth-order valence-electron chi connectivity index (χ4n) is 6.10. The summed E-state index contributed by atoms with van der Waals surface area (Å²) in [6.45, 7) is 12.2. The lowest BCUT2D eigenvalue weighted by molar-refractivity contribution is -0.132. The molecule has 12 heteroatoms. The van der Waals surface area contributed by atoms with E-state index in [2.05, 4.69) is 20.9 Å². The van der Waals surface area contributed by atoms with Crippen LogP contribution >= 0.6 is 0 Å². The second kappa shape index (κ2) is 19.5. The Morgan fingerprint density at radius 3 is 2.00 bits per heavy atom. The van der Waals surface area contributed by atoms with Crippen LogP contribution in [0.25, 0.3) is 0 Å². The summed E-state index contributed by atoms with van der Waals surface area (Å²) < 4.78 is 10.8. The molecule has 0 unspecified atom stereocenters. The van der Waals surface area contributed by atoms with E-state index in [-0.39, 0.29) is 55.0 Å². The second-order valence-electron chi connectivity index (χ2n) is 14.8. The molecule has 4 amide bonds. The van der Waals surface area contributed by atoms with Gasteiger partial charge in [-0.05, 0) is 55.6 Å². The van der Waals surface area contributed by atoms with Crippen LogP contribution in [0, 0.1) is 11.8 Å². The average molecular weight is 718 g/mol. The molecule has 2 fully saturated rings. The highest BCUT2D eigenvalue weighted by atomic mass is 16.6. The topological polar surface area (TPSA) is 159 Å². The van der Waals surface area contributed by atoms with Crippen molar-refractivity contribution in [3.8, 4) is 0 Å². The zero-order chi connectivity index (χ0) is 37.7. The third kappa shape index (κ3) is 13.1. The first-order chi connectivity index (χ1) is 24.8. The normalized spacial score (nSPS) is 19.4. The van der Waals surface area contributed by atoms with Gasteiger partial charge in [-0.1, -0.05) is 88.4 Å². The van der Waals surface area contributed by atoms with E-state index in [4.69, 9.17) is 9.47 Å². The molecule has 52 heavy (non-hydrogen) atoms. The van der Waals surface area contributed by atoms with Crippen LogP contribution in [0.15, 0.2) is 65.7 Å². The maximum absolute atomic E-state index is 14.0. The summed E-state index contributed by atoms with van der Waals surface area (Å²) in [5, 5.41) is 8.61. The van der Waals surface area contributed by atoms with Crippen molar-refractivity contribution < 1.29 is 33.4 Å². The second-order valence-corrected chi connectivity index (χ2v) is 14.8. The highest BCUT2D eigenvalue weighted by Gasteiger charge is 2.50. The summed E-state index contributed by atoms with van der Waals surface area (Å²) in [5.41, 5.74) is 0.830. The van der Waals surface area contributed by atoms with Gasteiger partial charge in [-0.3, -0.25) is 28.9 Å². The van der Waals surface area contributed by atoms with Crippen molar-refractivity contribution in [1.29, 1.82) is 0 Å². The largest absolute Gasteiger partial charge is 0.379 e. The molecule has 0 spiro atoms. The van der Waals surface area contributed by atoms with E-state index >= 15 is 0 Å². The molecule has 2 aliphatic heterocycles. The molecule has 0 saturated carbocycles. The number of morpholine rings is 1. The molecule has 282 valence electrons. The van der Waals surface area contributed by atoms with Crippen molar-refractivity contribution in [3.63, 3.8) is 0 Å². The van der Waals surface area contributed by atoms with Crippen molar-refractivity contribution in [2.75, 3.05) is 39.5 Å². The van der Waals surface area contributed by atoms with E-state index in [1.54, 1.807) is 6.92 Å². The minimum absolute atomic E-state index is 0.0355. The molecule has 2 aliphatic rings. The van der Waals surface area contributed by atoms with E-state index in [0.29, 0.717) is 45.8 Å². The highest BCUT2D eigenvalue weighted by molar-refractivity contribution is 6.40. The number of carbonyl (C=O) groups is 5. The summed E-state index contributed by atoms with van der Waals surface area (Å²) in [7, 11) is 0. The van der Waals surface area contributed by atoms with Gasteiger partial charge in [-0.15, -0.1) is 0 Å². The molecule has 2 aromatic carbocycles. The van der Waals surface area contributed by atoms with Crippen LogP contribution in [0.3, 0.4) is 0 Å². The number of nitrogens with one attached hydrogen (secondary N) is 3. The Morgan fingerprint density at radius 2 is 1.42 bits per heavy atom. The summed E-state index contributed by atoms with van der Waals surface area (Å²) in [4.78, 5) is 74.6. The summed E-state index contributed by atoms with van der Waals surface area (Å²) in [6, 6.07) is 16.0. The predicted molar refractivity (Wildman–Crippen MR) is 199 cm³/mol. The number of benzene rings is 2. The van der Waals surface area contributed by atoms with E-state index in [1.807, 2.05) is 93.3 Å². The molecule has 0 radical (unpaired) electrons. The smallest absolute Gasteiger partial charge is 0.268 e. The van der Waals surface area contributed by atoms with Gasteiger partial charge in [0.2, 0.25) is 11.8 Å². The molecular weight excluding hydrogens is 662 g/mol. The molecule has 2 saturated heterocycles. The van der Waals surface area contributed by atoms with Crippen molar-refractivity contribution >= 4 is 35.1 Å². The van der Waals surface area contributed by atoms with Crippen molar-refractivity contribution in [1.82, 2.24) is 20.9 Å². The van der Waals surface area contributed by atoms with Crippen molar-refractivity contribution in [2.24, 2.45) is 16.8 Å². The zero-order valence-electron chi connectivity index (χ0n) is 31.2. The standard InChI is InChI=1S/C40H55N5O7/c1-27(2)22-32(36(47)40(5)26-52-40)42-39(50)34(24-30-14-10-7-11-15-30)44-38(49)33(23-28(3)4)43-37(48)31(17-16-29-12-8-6-9-13-29)41-35(46)25-45-18-20-51-21-19-45/h6-15,27-28,31-32,34H,16-26H2,1-5H3,(H,41,46)(H,42,50)(H,44,49)/t31-,32+,34+,40-/m0/s1. The molecule has 4 atom stereocenters. The minimum Gasteiger partial charge on any atom is -0.379 e. The van der Waals surface area contributed by atoms with Gasteiger partial charge in [-0.25, -0.2) is 4.99 Å². The first kappa shape index (κ1) is 40.5. The summed E-state index contributed by atoms with van der Waals surface area (Å²) in [5.74, 6) is -2.28. The number of carbonyl (C=O) groups excluding carboxylic acids is 5. The summed E-state index contributed by atoms with van der Waals surface area (Å²) >= 11 is 0. The quantitative estimate of drug-likeness (QED) is 0.148. The van der Waals surface area contributed by atoms with E-state index in [0.717, 1.165) is 11.1 Å². The Morgan fingerprint density at radius 1 is 0.808 bits per heavy atom. The van der Waals surface area contributed by atoms with Gasteiger partial charge in [0, 0.05) is 19.5 Å². The van der Waals surface area contributed by atoms with E-state index in [9.17, 15) is 24.0 Å². The van der Waals surface area contributed by atoms with Crippen LogP contribution in [-0.2, 0) is 46.3 Å². The average Bonchev–Trinajstić information content (AvgIpc) is 3.87. The molecular formula is C40H55N5O7. The van der Waals surface area contributed by atoms with E-state index in [1.165, 1.54) is 0 Å². The van der Waals surface area contributed by atoms with Crippen LogP contribution in [0.5, 0.6) is 0 Å². The van der Waals surface area contributed by atoms with Crippen LogP contribution in [0.2, 0.25) is 0 Å². The van der Waals surface area contributed by atoms with Gasteiger partial charge in [-0.2, -0.15) is 0 Å². The monoisotopic (exact) mass is 717 g/mol. The van der Waals surface area contributed by atoms with Gasteiger partial charge < -0.3 is 25.4 Å². The maximum atomic E-state index is 14.0. The molecule has 0 bridgehead atoms. The Labute approximate surface area is 307 Å². The fraction of sp³-hybridized carbons (Fsp3) is 0.550. The van der Waals surface area contributed by atoms with Gasteiger partial charge in [0.05, 0.1) is 32.4 Å². The lowest BCUT2D eigenvalue weighted by atomic mass is 9.93. The molecule has 3 N–H and O–H groups in total. The van der Waals surface area contributed by atoms with Gasteiger partial charge in [0.1, 0.15) is 23.4 Å².